The highest BCUT2D eigenvalue weighted by Gasteiger charge is 2.34. The van der Waals surface area contributed by atoms with E-state index in [1.165, 1.54) is 24.3 Å². The van der Waals surface area contributed by atoms with Crippen LogP contribution in [0.15, 0.2) is 29.2 Å². The van der Waals surface area contributed by atoms with Crippen molar-refractivity contribution in [1.82, 2.24) is 9.62 Å². The molecular weight excluding hydrogens is 346 g/mol. The van der Waals surface area contributed by atoms with Crippen molar-refractivity contribution in [3.8, 4) is 0 Å². The second-order valence-electron chi connectivity index (χ2n) is 7.05. The van der Waals surface area contributed by atoms with Crippen LogP contribution in [0.3, 0.4) is 0 Å². The van der Waals surface area contributed by atoms with Crippen molar-refractivity contribution in [3.05, 3.63) is 34.4 Å². The molecular formula is C16H25N3O5S. The minimum atomic E-state index is -3.73. The summed E-state index contributed by atoms with van der Waals surface area (Å²) in [6.07, 6.45) is 0.184. The SMILES string of the molecule is C[C@@H]1CN(C(C)(C)CNS(=O)(=O)c2ccc([N+](=O)[O-])cc2)C[C@H](C)O1. The molecule has 0 spiro atoms. The number of rotatable bonds is 6. The molecule has 1 aromatic rings. The number of ether oxygens (including phenoxy) is 1. The van der Waals surface area contributed by atoms with E-state index in [-0.39, 0.29) is 34.9 Å². The summed E-state index contributed by atoms with van der Waals surface area (Å²) in [7, 11) is -3.73. The molecule has 0 saturated carbocycles. The van der Waals surface area contributed by atoms with Gasteiger partial charge in [0.25, 0.3) is 5.69 Å². The van der Waals surface area contributed by atoms with E-state index in [0.717, 1.165) is 13.1 Å². The molecule has 25 heavy (non-hydrogen) atoms. The van der Waals surface area contributed by atoms with Gasteiger partial charge in [-0.1, -0.05) is 0 Å². The number of nitro groups is 1. The first-order chi connectivity index (χ1) is 11.5. The number of non-ortho nitro benzene ring substituents is 1. The van der Waals surface area contributed by atoms with Gasteiger partial charge in [0.05, 0.1) is 22.0 Å². The average molecular weight is 371 g/mol. The molecule has 0 amide bonds. The van der Waals surface area contributed by atoms with E-state index in [1.807, 2.05) is 27.7 Å². The van der Waals surface area contributed by atoms with Gasteiger partial charge in [0, 0.05) is 37.3 Å². The lowest BCUT2D eigenvalue weighted by Crippen LogP contribution is -2.58. The van der Waals surface area contributed by atoms with Crippen LogP contribution in [-0.4, -0.2) is 55.6 Å². The van der Waals surface area contributed by atoms with Gasteiger partial charge in [-0.25, -0.2) is 13.1 Å². The Balaban J connectivity index is 2.06. The maximum Gasteiger partial charge on any atom is 0.269 e. The smallest absolute Gasteiger partial charge is 0.269 e. The van der Waals surface area contributed by atoms with E-state index in [2.05, 4.69) is 9.62 Å². The molecule has 1 fully saturated rings. The van der Waals surface area contributed by atoms with Crippen LogP contribution in [0.1, 0.15) is 27.7 Å². The zero-order valence-corrected chi connectivity index (χ0v) is 15.7. The number of morpholine rings is 1. The number of hydrogen-bond donors (Lipinski definition) is 1. The molecule has 9 heteroatoms. The van der Waals surface area contributed by atoms with Crippen LogP contribution < -0.4 is 4.72 Å². The van der Waals surface area contributed by atoms with E-state index in [4.69, 9.17) is 4.74 Å². The van der Waals surface area contributed by atoms with Crippen LogP contribution in [0.5, 0.6) is 0 Å². The first kappa shape index (κ1) is 19.8. The molecule has 0 unspecified atom stereocenters. The van der Waals surface area contributed by atoms with Crippen molar-refractivity contribution in [3.63, 3.8) is 0 Å². The third-order valence-corrected chi connectivity index (χ3v) is 5.75. The highest BCUT2D eigenvalue weighted by Crippen LogP contribution is 2.22. The van der Waals surface area contributed by atoms with Gasteiger partial charge in [0.1, 0.15) is 0 Å². The molecule has 1 saturated heterocycles. The van der Waals surface area contributed by atoms with Crippen LogP contribution in [0.2, 0.25) is 0 Å². The monoisotopic (exact) mass is 371 g/mol. The summed E-state index contributed by atoms with van der Waals surface area (Å²) >= 11 is 0. The Bertz CT molecular complexity index is 708. The van der Waals surface area contributed by atoms with E-state index in [1.54, 1.807) is 0 Å². The summed E-state index contributed by atoms with van der Waals surface area (Å²) in [5.41, 5.74) is -0.532. The molecule has 1 N–H and O–H groups in total. The van der Waals surface area contributed by atoms with E-state index in [0.29, 0.717) is 0 Å². The molecule has 0 bridgehead atoms. The van der Waals surface area contributed by atoms with Crippen LogP contribution in [-0.2, 0) is 14.8 Å². The molecule has 1 aliphatic heterocycles. The summed E-state index contributed by atoms with van der Waals surface area (Å²) in [4.78, 5) is 12.3. The molecule has 1 aliphatic rings. The summed E-state index contributed by atoms with van der Waals surface area (Å²) < 4.78 is 33.2. The van der Waals surface area contributed by atoms with Crippen molar-refractivity contribution in [2.45, 2.75) is 50.3 Å². The molecule has 1 heterocycles. The minimum absolute atomic E-state index is 0.0117. The van der Waals surface area contributed by atoms with Crippen molar-refractivity contribution < 1.29 is 18.1 Å². The maximum atomic E-state index is 12.4. The quantitative estimate of drug-likeness (QED) is 0.604. The van der Waals surface area contributed by atoms with Gasteiger partial charge in [0.2, 0.25) is 10.0 Å². The Hall–Kier alpha value is -1.55. The van der Waals surface area contributed by atoms with Crippen LogP contribution in [0.4, 0.5) is 5.69 Å². The zero-order valence-electron chi connectivity index (χ0n) is 14.9. The highest BCUT2D eigenvalue weighted by molar-refractivity contribution is 7.89. The molecule has 1 aromatic carbocycles. The summed E-state index contributed by atoms with van der Waals surface area (Å²) in [6.45, 7) is 9.66. The van der Waals surface area contributed by atoms with Gasteiger partial charge in [-0.05, 0) is 39.8 Å². The third kappa shape index (κ3) is 4.97. The number of nitro benzene ring substituents is 1. The normalized spacial score (nSPS) is 22.7. The minimum Gasteiger partial charge on any atom is -0.373 e. The summed E-state index contributed by atoms with van der Waals surface area (Å²) in [6, 6.07) is 4.86. The molecule has 8 nitrogen and oxygen atoms in total. The number of nitrogens with one attached hydrogen (secondary N) is 1. The molecule has 0 radical (unpaired) electrons. The van der Waals surface area contributed by atoms with Gasteiger partial charge in [-0.3, -0.25) is 15.0 Å². The van der Waals surface area contributed by atoms with Crippen molar-refractivity contribution in [2.75, 3.05) is 19.6 Å². The Kier molecular flexibility index (Phi) is 5.82. The first-order valence-corrected chi connectivity index (χ1v) is 9.64. The molecule has 2 rings (SSSR count). The fourth-order valence-electron chi connectivity index (χ4n) is 2.89. The van der Waals surface area contributed by atoms with Gasteiger partial charge in [-0.15, -0.1) is 0 Å². The van der Waals surface area contributed by atoms with Gasteiger partial charge < -0.3 is 4.74 Å². The first-order valence-electron chi connectivity index (χ1n) is 8.16. The number of benzene rings is 1. The molecule has 0 aliphatic carbocycles. The van der Waals surface area contributed by atoms with Gasteiger partial charge in [0.15, 0.2) is 0 Å². The van der Waals surface area contributed by atoms with Gasteiger partial charge in [-0.2, -0.15) is 0 Å². The lowest BCUT2D eigenvalue weighted by molar-refractivity contribution is -0.384. The topological polar surface area (TPSA) is 102 Å². The Labute approximate surface area is 148 Å². The standard InChI is InChI=1S/C16H25N3O5S/c1-12-9-18(10-13(2)24-12)16(3,4)11-17-25(22,23)15-7-5-14(6-8-15)19(20)21/h5-8,12-13,17H,9-11H2,1-4H3/t12-,13+. The third-order valence-electron chi connectivity index (χ3n) is 4.33. The number of hydrogen-bond acceptors (Lipinski definition) is 6. The van der Waals surface area contributed by atoms with Crippen molar-refractivity contribution in [2.24, 2.45) is 0 Å². The lowest BCUT2D eigenvalue weighted by Gasteiger charge is -2.45. The van der Waals surface area contributed by atoms with Crippen LogP contribution in [0.25, 0.3) is 0 Å². The van der Waals surface area contributed by atoms with Crippen LogP contribution >= 0.6 is 0 Å². The Morgan fingerprint density at radius 1 is 1.24 bits per heavy atom. The Morgan fingerprint density at radius 2 is 1.76 bits per heavy atom. The predicted molar refractivity (Wildman–Crippen MR) is 93.9 cm³/mol. The maximum absolute atomic E-state index is 12.4. The zero-order chi connectivity index (χ0) is 18.8. The second kappa shape index (κ2) is 7.36. The number of nitrogens with zero attached hydrogens (tertiary/aromatic N) is 2. The lowest BCUT2D eigenvalue weighted by atomic mass is 10.0. The van der Waals surface area contributed by atoms with Crippen molar-refractivity contribution >= 4 is 15.7 Å². The summed E-state index contributed by atoms with van der Waals surface area (Å²) in [5, 5.41) is 10.7. The van der Waals surface area contributed by atoms with Gasteiger partial charge >= 0.3 is 0 Å². The van der Waals surface area contributed by atoms with E-state index >= 15 is 0 Å². The van der Waals surface area contributed by atoms with E-state index < -0.39 is 14.9 Å². The fourth-order valence-corrected chi connectivity index (χ4v) is 4.09. The van der Waals surface area contributed by atoms with Crippen LogP contribution in [0, 0.1) is 10.1 Å². The highest BCUT2D eigenvalue weighted by atomic mass is 32.2. The van der Waals surface area contributed by atoms with E-state index in [9.17, 15) is 18.5 Å². The van der Waals surface area contributed by atoms with Crippen molar-refractivity contribution in [1.29, 1.82) is 0 Å². The predicted octanol–water partition coefficient (Wildman–Crippen LogP) is 1.76. The molecule has 2 atom stereocenters. The Morgan fingerprint density at radius 3 is 2.24 bits per heavy atom. The second-order valence-corrected chi connectivity index (χ2v) is 8.82. The number of sulfonamides is 1. The largest absolute Gasteiger partial charge is 0.373 e. The summed E-state index contributed by atoms with van der Waals surface area (Å²) in [5.74, 6) is 0. The average Bonchev–Trinajstić information content (AvgIpc) is 2.52. The molecule has 0 aromatic heterocycles. The molecule has 140 valence electrons. The fraction of sp³-hybridized carbons (Fsp3) is 0.625.